The smallest absolute Gasteiger partial charge is 0.252 e. The SMILES string of the molecule is C[C@@H]1CCc2c(C(=O)NCc3ccccn3)csc2C1. The first-order valence-corrected chi connectivity index (χ1v) is 7.89. The molecule has 2 aromatic heterocycles. The molecule has 0 saturated heterocycles. The molecule has 0 radical (unpaired) electrons. The fraction of sp³-hybridized carbons (Fsp3) is 0.375. The van der Waals surface area contributed by atoms with Gasteiger partial charge in [-0.3, -0.25) is 9.78 Å². The molecule has 1 amide bonds. The summed E-state index contributed by atoms with van der Waals surface area (Å²) < 4.78 is 0. The first-order chi connectivity index (χ1) is 9.74. The fourth-order valence-corrected chi connectivity index (χ4v) is 3.88. The van der Waals surface area contributed by atoms with Crippen molar-refractivity contribution in [2.75, 3.05) is 0 Å². The fourth-order valence-electron chi connectivity index (χ4n) is 2.64. The summed E-state index contributed by atoms with van der Waals surface area (Å²) in [7, 11) is 0. The van der Waals surface area contributed by atoms with Crippen LogP contribution < -0.4 is 5.32 Å². The van der Waals surface area contributed by atoms with E-state index in [0.717, 1.165) is 30.0 Å². The Hall–Kier alpha value is -1.68. The van der Waals surface area contributed by atoms with E-state index in [1.54, 1.807) is 17.5 Å². The summed E-state index contributed by atoms with van der Waals surface area (Å²) >= 11 is 1.73. The quantitative estimate of drug-likeness (QED) is 0.941. The van der Waals surface area contributed by atoms with Crippen molar-refractivity contribution in [3.63, 3.8) is 0 Å². The van der Waals surface area contributed by atoms with E-state index in [-0.39, 0.29) is 5.91 Å². The lowest BCUT2D eigenvalue weighted by Crippen LogP contribution is -2.24. The Morgan fingerprint density at radius 1 is 1.50 bits per heavy atom. The summed E-state index contributed by atoms with van der Waals surface area (Å²) in [6, 6.07) is 5.73. The lowest BCUT2D eigenvalue weighted by atomic mass is 9.88. The lowest BCUT2D eigenvalue weighted by Gasteiger charge is -2.18. The van der Waals surface area contributed by atoms with Crippen molar-refractivity contribution in [2.45, 2.75) is 32.7 Å². The molecular formula is C16H18N2OS. The number of carbonyl (C=O) groups excluding carboxylic acids is 1. The lowest BCUT2D eigenvalue weighted by molar-refractivity contribution is 0.0949. The third kappa shape index (κ3) is 2.75. The zero-order valence-electron chi connectivity index (χ0n) is 11.6. The van der Waals surface area contributed by atoms with Gasteiger partial charge in [-0.05, 0) is 42.9 Å². The minimum atomic E-state index is 0.0303. The summed E-state index contributed by atoms with van der Waals surface area (Å²) in [5.41, 5.74) is 3.03. The molecule has 1 atom stereocenters. The Kier molecular flexibility index (Phi) is 3.83. The van der Waals surface area contributed by atoms with Gasteiger partial charge in [-0.2, -0.15) is 0 Å². The number of thiophene rings is 1. The van der Waals surface area contributed by atoms with Crippen molar-refractivity contribution in [3.8, 4) is 0 Å². The van der Waals surface area contributed by atoms with Gasteiger partial charge in [0, 0.05) is 16.5 Å². The Labute approximate surface area is 123 Å². The maximum absolute atomic E-state index is 12.3. The number of fused-ring (bicyclic) bond motifs is 1. The summed E-state index contributed by atoms with van der Waals surface area (Å²) in [6.45, 7) is 2.77. The molecule has 4 heteroatoms. The summed E-state index contributed by atoms with van der Waals surface area (Å²) in [4.78, 5) is 17.9. The number of aromatic nitrogens is 1. The topological polar surface area (TPSA) is 42.0 Å². The Morgan fingerprint density at radius 2 is 2.40 bits per heavy atom. The molecule has 0 aromatic carbocycles. The molecule has 1 N–H and O–H groups in total. The van der Waals surface area contributed by atoms with E-state index >= 15 is 0 Å². The highest BCUT2D eigenvalue weighted by atomic mass is 32.1. The van der Waals surface area contributed by atoms with Gasteiger partial charge in [0.25, 0.3) is 5.91 Å². The van der Waals surface area contributed by atoms with Crippen molar-refractivity contribution in [2.24, 2.45) is 5.92 Å². The highest BCUT2D eigenvalue weighted by Crippen LogP contribution is 2.32. The first kappa shape index (κ1) is 13.3. The second kappa shape index (κ2) is 5.75. The number of carbonyl (C=O) groups is 1. The highest BCUT2D eigenvalue weighted by Gasteiger charge is 2.22. The third-order valence-electron chi connectivity index (χ3n) is 3.80. The van der Waals surface area contributed by atoms with Gasteiger partial charge < -0.3 is 5.32 Å². The van der Waals surface area contributed by atoms with Crippen molar-refractivity contribution in [1.29, 1.82) is 0 Å². The van der Waals surface area contributed by atoms with Gasteiger partial charge in [0.2, 0.25) is 0 Å². The van der Waals surface area contributed by atoms with Gasteiger partial charge in [-0.25, -0.2) is 0 Å². The molecule has 0 unspecified atom stereocenters. The normalized spacial score (nSPS) is 17.6. The van der Waals surface area contributed by atoms with Crippen molar-refractivity contribution in [3.05, 3.63) is 51.5 Å². The second-order valence-corrected chi connectivity index (χ2v) is 6.37. The van der Waals surface area contributed by atoms with Crippen LogP contribution in [-0.2, 0) is 19.4 Å². The minimum absolute atomic E-state index is 0.0303. The number of rotatable bonds is 3. The van der Waals surface area contributed by atoms with Crippen LogP contribution in [0.2, 0.25) is 0 Å². The maximum atomic E-state index is 12.3. The van der Waals surface area contributed by atoms with E-state index in [2.05, 4.69) is 17.2 Å². The van der Waals surface area contributed by atoms with E-state index in [4.69, 9.17) is 0 Å². The van der Waals surface area contributed by atoms with Crippen molar-refractivity contribution >= 4 is 17.2 Å². The molecule has 0 aliphatic heterocycles. The van der Waals surface area contributed by atoms with Gasteiger partial charge in [-0.1, -0.05) is 13.0 Å². The first-order valence-electron chi connectivity index (χ1n) is 7.01. The van der Waals surface area contributed by atoms with Crippen LogP contribution in [0.25, 0.3) is 0 Å². The van der Waals surface area contributed by atoms with Crippen LogP contribution in [0.1, 0.15) is 39.8 Å². The largest absolute Gasteiger partial charge is 0.346 e. The van der Waals surface area contributed by atoms with E-state index < -0.39 is 0 Å². The molecule has 2 aromatic rings. The summed E-state index contributed by atoms with van der Waals surface area (Å²) in [6.07, 6.45) is 5.08. The van der Waals surface area contributed by atoms with Gasteiger partial charge in [0.15, 0.2) is 0 Å². The highest BCUT2D eigenvalue weighted by molar-refractivity contribution is 7.10. The molecule has 3 rings (SSSR count). The van der Waals surface area contributed by atoms with Crippen LogP contribution in [0.5, 0.6) is 0 Å². The maximum Gasteiger partial charge on any atom is 0.252 e. The van der Waals surface area contributed by atoms with E-state index in [1.807, 2.05) is 23.6 Å². The van der Waals surface area contributed by atoms with Crippen LogP contribution >= 0.6 is 11.3 Å². The Morgan fingerprint density at radius 3 is 3.20 bits per heavy atom. The summed E-state index contributed by atoms with van der Waals surface area (Å²) in [5.74, 6) is 0.772. The van der Waals surface area contributed by atoms with E-state index in [0.29, 0.717) is 6.54 Å². The predicted molar refractivity (Wildman–Crippen MR) is 80.9 cm³/mol. The number of pyridine rings is 1. The molecular weight excluding hydrogens is 268 g/mol. The molecule has 104 valence electrons. The van der Waals surface area contributed by atoms with Gasteiger partial charge >= 0.3 is 0 Å². The van der Waals surface area contributed by atoms with Crippen LogP contribution in [0.15, 0.2) is 29.8 Å². The number of amides is 1. The average Bonchev–Trinajstić information content (AvgIpc) is 2.89. The average molecular weight is 286 g/mol. The van der Waals surface area contributed by atoms with Gasteiger partial charge in [0.1, 0.15) is 0 Å². The molecule has 0 saturated carbocycles. The van der Waals surface area contributed by atoms with Crippen molar-refractivity contribution in [1.82, 2.24) is 10.3 Å². The number of hydrogen-bond acceptors (Lipinski definition) is 3. The summed E-state index contributed by atoms with van der Waals surface area (Å²) in [5, 5.41) is 4.98. The molecule has 1 aliphatic rings. The van der Waals surface area contributed by atoms with Crippen LogP contribution in [0.4, 0.5) is 0 Å². The monoisotopic (exact) mass is 286 g/mol. The zero-order chi connectivity index (χ0) is 13.9. The Bertz CT molecular complexity index is 606. The van der Waals surface area contributed by atoms with E-state index in [9.17, 15) is 4.79 Å². The van der Waals surface area contributed by atoms with Crippen LogP contribution in [0.3, 0.4) is 0 Å². The Balaban J connectivity index is 1.69. The second-order valence-electron chi connectivity index (χ2n) is 5.40. The third-order valence-corrected chi connectivity index (χ3v) is 4.85. The van der Waals surface area contributed by atoms with Gasteiger partial charge in [0.05, 0.1) is 17.8 Å². The molecule has 0 spiro atoms. The van der Waals surface area contributed by atoms with Crippen molar-refractivity contribution < 1.29 is 4.79 Å². The molecule has 20 heavy (non-hydrogen) atoms. The number of nitrogens with one attached hydrogen (secondary N) is 1. The number of nitrogens with zero attached hydrogens (tertiary/aromatic N) is 1. The molecule has 2 heterocycles. The van der Waals surface area contributed by atoms with Crippen LogP contribution in [0, 0.1) is 5.92 Å². The van der Waals surface area contributed by atoms with E-state index in [1.165, 1.54) is 16.9 Å². The molecule has 1 aliphatic carbocycles. The zero-order valence-corrected chi connectivity index (χ0v) is 12.4. The van der Waals surface area contributed by atoms with Crippen LogP contribution in [-0.4, -0.2) is 10.9 Å². The minimum Gasteiger partial charge on any atom is -0.346 e. The molecule has 0 bridgehead atoms. The molecule has 3 nitrogen and oxygen atoms in total. The van der Waals surface area contributed by atoms with Gasteiger partial charge in [-0.15, -0.1) is 11.3 Å². The number of hydrogen-bond donors (Lipinski definition) is 1. The standard InChI is InChI=1S/C16H18N2OS/c1-11-5-6-13-14(10-20-15(13)8-11)16(19)18-9-12-4-2-3-7-17-12/h2-4,7,10-11H,5-6,8-9H2,1H3,(H,18,19)/t11-/m1/s1. The predicted octanol–water partition coefficient (Wildman–Crippen LogP) is 3.20. The molecule has 0 fully saturated rings.